The third-order valence-electron chi connectivity index (χ3n) is 8.46. The van der Waals surface area contributed by atoms with Gasteiger partial charge in [-0.2, -0.15) is 0 Å². The molecule has 4 heteroatoms. The Morgan fingerprint density at radius 1 is 0.906 bits per heavy atom. The van der Waals surface area contributed by atoms with Gasteiger partial charge in [0.05, 0.1) is 6.54 Å². The van der Waals surface area contributed by atoms with Gasteiger partial charge in [-0.3, -0.25) is 9.69 Å². The molecule has 4 nitrogen and oxygen atoms in total. The van der Waals surface area contributed by atoms with E-state index in [2.05, 4.69) is 89.5 Å². The third kappa shape index (κ3) is 4.11. The number of fused-ring (bicyclic) bond motifs is 4. The zero-order valence-electron chi connectivity index (χ0n) is 19.6. The topological polar surface area (TPSA) is 26.8 Å². The van der Waals surface area contributed by atoms with Crippen molar-refractivity contribution < 1.29 is 4.79 Å². The second-order valence-corrected chi connectivity index (χ2v) is 10.5. The molecule has 2 bridgehead atoms. The van der Waals surface area contributed by atoms with Crippen LogP contribution in [0.25, 0.3) is 0 Å². The van der Waals surface area contributed by atoms with E-state index in [9.17, 15) is 4.79 Å². The van der Waals surface area contributed by atoms with Crippen molar-refractivity contribution in [3.05, 3.63) is 71.8 Å². The minimum atomic E-state index is -0.00527. The fourth-order valence-electron chi connectivity index (χ4n) is 6.60. The maximum atomic E-state index is 13.5. The van der Waals surface area contributed by atoms with E-state index in [1.807, 2.05) is 0 Å². The number of nitrogens with zero attached hydrogens (tertiary/aromatic N) is 3. The molecule has 2 aromatic carbocycles. The van der Waals surface area contributed by atoms with Gasteiger partial charge >= 0.3 is 0 Å². The summed E-state index contributed by atoms with van der Waals surface area (Å²) in [7, 11) is 4.44. The largest absolute Gasteiger partial charge is 0.339 e. The third-order valence-corrected chi connectivity index (χ3v) is 8.46. The first kappa shape index (κ1) is 21.7. The first-order chi connectivity index (χ1) is 15.6. The highest BCUT2D eigenvalue weighted by Crippen LogP contribution is 2.54. The van der Waals surface area contributed by atoms with E-state index in [1.54, 1.807) is 0 Å². The molecule has 0 spiro atoms. The summed E-state index contributed by atoms with van der Waals surface area (Å²) in [4.78, 5) is 20.5. The zero-order valence-corrected chi connectivity index (χ0v) is 19.6. The van der Waals surface area contributed by atoms with E-state index in [-0.39, 0.29) is 5.54 Å². The molecule has 2 atom stereocenters. The van der Waals surface area contributed by atoms with Crippen molar-refractivity contribution in [2.75, 3.05) is 46.8 Å². The molecule has 3 heterocycles. The molecule has 2 aromatic rings. The van der Waals surface area contributed by atoms with Crippen molar-refractivity contribution >= 4 is 5.91 Å². The van der Waals surface area contributed by atoms with Gasteiger partial charge in [0.1, 0.15) is 0 Å². The summed E-state index contributed by atoms with van der Waals surface area (Å²) >= 11 is 0. The number of amides is 1. The van der Waals surface area contributed by atoms with Gasteiger partial charge in [0.2, 0.25) is 5.91 Å². The van der Waals surface area contributed by atoms with Gasteiger partial charge in [-0.25, -0.2) is 0 Å². The van der Waals surface area contributed by atoms with Crippen molar-refractivity contribution in [3.63, 3.8) is 0 Å². The molecular weight excluding hydrogens is 394 g/mol. The molecule has 6 rings (SSSR count). The summed E-state index contributed by atoms with van der Waals surface area (Å²) in [6.07, 6.45) is 4.68. The Morgan fingerprint density at radius 3 is 1.94 bits per heavy atom. The van der Waals surface area contributed by atoms with Crippen molar-refractivity contribution in [3.8, 4) is 0 Å². The number of benzene rings is 2. The van der Waals surface area contributed by atoms with Crippen molar-refractivity contribution in [1.29, 1.82) is 0 Å². The second kappa shape index (κ2) is 8.99. The van der Waals surface area contributed by atoms with Crippen LogP contribution in [0, 0.1) is 5.92 Å². The van der Waals surface area contributed by atoms with Crippen molar-refractivity contribution in [2.45, 2.75) is 43.1 Å². The molecule has 3 aliphatic heterocycles. The SMILES string of the molecule is CN(C)C12CC(c3ccccc3)C(CN(C(=O)CN3CCCC3)C1)C(c1ccccc1)C2. The van der Waals surface area contributed by atoms with Gasteiger partial charge in [-0.05, 0) is 81.7 Å². The van der Waals surface area contributed by atoms with Crippen LogP contribution in [0.5, 0.6) is 0 Å². The highest BCUT2D eigenvalue weighted by molar-refractivity contribution is 5.78. The van der Waals surface area contributed by atoms with Crippen LogP contribution in [0.3, 0.4) is 0 Å². The molecule has 2 unspecified atom stereocenters. The number of likely N-dealkylation sites (tertiary alicyclic amines) is 1. The summed E-state index contributed by atoms with van der Waals surface area (Å²) in [6.45, 7) is 4.43. The highest BCUT2D eigenvalue weighted by Gasteiger charge is 2.53. The minimum Gasteiger partial charge on any atom is -0.339 e. The lowest BCUT2D eigenvalue weighted by molar-refractivity contribution is -0.133. The maximum absolute atomic E-state index is 13.5. The fraction of sp³-hybridized carbons (Fsp3) is 0.536. The smallest absolute Gasteiger partial charge is 0.236 e. The molecule has 32 heavy (non-hydrogen) atoms. The Labute approximate surface area is 193 Å². The van der Waals surface area contributed by atoms with E-state index in [1.165, 1.54) is 24.0 Å². The fourth-order valence-corrected chi connectivity index (χ4v) is 6.60. The standard InChI is InChI=1S/C28H37N3O/c1-29(2)28-17-24(22-11-5-3-6-12-22)26(25(18-28)23-13-7-4-8-14-23)19-31(21-28)27(32)20-30-15-9-10-16-30/h3-8,11-14,24-26H,9-10,15-21H2,1-2H3. The van der Waals surface area contributed by atoms with Gasteiger partial charge in [-0.15, -0.1) is 0 Å². The normalized spacial score (nSPS) is 30.6. The van der Waals surface area contributed by atoms with Crippen LogP contribution >= 0.6 is 0 Å². The van der Waals surface area contributed by atoms with Crippen molar-refractivity contribution in [2.24, 2.45) is 5.92 Å². The average molecular weight is 432 g/mol. The Hall–Kier alpha value is -2.17. The Morgan fingerprint density at radius 2 is 1.44 bits per heavy atom. The first-order valence-corrected chi connectivity index (χ1v) is 12.3. The lowest BCUT2D eigenvalue weighted by Crippen LogP contribution is -2.55. The second-order valence-electron chi connectivity index (χ2n) is 10.5. The molecule has 4 fully saturated rings. The molecule has 3 saturated heterocycles. The van der Waals surface area contributed by atoms with Crippen LogP contribution in [0.4, 0.5) is 0 Å². The quantitative estimate of drug-likeness (QED) is 0.710. The summed E-state index contributed by atoms with van der Waals surface area (Å²) in [5, 5.41) is 0. The van der Waals surface area contributed by atoms with Crippen LogP contribution in [0.1, 0.15) is 48.6 Å². The van der Waals surface area contributed by atoms with Gasteiger partial charge in [0.25, 0.3) is 0 Å². The summed E-state index contributed by atoms with van der Waals surface area (Å²) in [5.74, 6) is 1.69. The Bertz CT molecular complexity index is 857. The number of hydrogen-bond donors (Lipinski definition) is 0. The minimum absolute atomic E-state index is 0.00527. The summed E-state index contributed by atoms with van der Waals surface area (Å²) in [5.41, 5.74) is 2.85. The lowest BCUT2D eigenvalue weighted by Gasteiger charge is -2.49. The summed E-state index contributed by atoms with van der Waals surface area (Å²) < 4.78 is 0. The summed E-state index contributed by atoms with van der Waals surface area (Å²) in [6, 6.07) is 22.1. The lowest BCUT2D eigenvalue weighted by atomic mass is 9.61. The predicted octanol–water partition coefficient (Wildman–Crippen LogP) is 4.20. The monoisotopic (exact) mass is 431 g/mol. The number of rotatable bonds is 5. The van der Waals surface area contributed by atoms with Crippen LogP contribution < -0.4 is 0 Å². The van der Waals surface area contributed by atoms with E-state index in [0.29, 0.717) is 30.2 Å². The van der Waals surface area contributed by atoms with Crippen LogP contribution in [0.2, 0.25) is 0 Å². The van der Waals surface area contributed by atoms with E-state index >= 15 is 0 Å². The molecule has 0 radical (unpaired) electrons. The number of hydrogen-bond acceptors (Lipinski definition) is 3. The van der Waals surface area contributed by atoms with E-state index < -0.39 is 0 Å². The molecule has 1 saturated carbocycles. The first-order valence-electron chi connectivity index (χ1n) is 12.3. The number of likely N-dealkylation sites (N-methyl/N-ethyl adjacent to an activating group) is 1. The number of carbonyl (C=O) groups is 1. The Kier molecular flexibility index (Phi) is 6.09. The van der Waals surface area contributed by atoms with Crippen LogP contribution in [-0.2, 0) is 4.79 Å². The molecule has 4 aliphatic rings. The molecule has 1 amide bonds. The van der Waals surface area contributed by atoms with Crippen molar-refractivity contribution in [1.82, 2.24) is 14.7 Å². The van der Waals surface area contributed by atoms with Gasteiger partial charge in [0, 0.05) is 18.6 Å². The predicted molar refractivity (Wildman–Crippen MR) is 130 cm³/mol. The van der Waals surface area contributed by atoms with Gasteiger partial charge < -0.3 is 9.80 Å². The van der Waals surface area contributed by atoms with Gasteiger partial charge in [-0.1, -0.05) is 60.7 Å². The maximum Gasteiger partial charge on any atom is 0.236 e. The molecule has 0 N–H and O–H groups in total. The van der Waals surface area contributed by atoms with E-state index in [0.717, 1.165) is 39.0 Å². The average Bonchev–Trinajstić information content (AvgIpc) is 3.18. The van der Waals surface area contributed by atoms with Gasteiger partial charge in [0.15, 0.2) is 0 Å². The van der Waals surface area contributed by atoms with Crippen LogP contribution in [0.15, 0.2) is 60.7 Å². The van der Waals surface area contributed by atoms with Crippen LogP contribution in [-0.4, -0.2) is 73.0 Å². The Balaban J connectivity index is 1.53. The molecular formula is C28H37N3O. The highest BCUT2D eigenvalue weighted by atomic mass is 16.2. The molecule has 170 valence electrons. The van der Waals surface area contributed by atoms with E-state index in [4.69, 9.17) is 0 Å². The number of carbonyl (C=O) groups excluding carboxylic acids is 1. The zero-order chi connectivity index (χ0) is 22.1. The molecule has 1 aliphatic carbocycles. The molecule has 0 aromatic heterocycles.